The van der Waals surface area contributed by atoms with Gasteiger partial charge in [-0.3, -0.25) is 0 Å². The Morgan fingerprint density at radius 3 is 0.833 bits per heavy atom. The van der Waals surface area contributed by atoms with Crippen molar-refractivity contribution in [2.45, 2.75) is 0 Å². The van der Waals surface area contributed by atoms with Gasteiger partial charge >= 0.3 is 22.4 Å². The van der Waals surface area contributed by atoms with Crippen LogP contribution in [0.1, 0.15) is 0 Å². The van der Waals surface area contributed by atoms with E-state index in [9.17, 15) is 0 Å². The SMILES string of the molecule is [Au+4].[O-][Si]([O-])([O-])[O-]. The maximum absolute atomic E-state index is 8.58. The summed E-state index contributed by atoms with van der Waals surface area (Å²) in [5.74, 6) is 0. The summed E-state index contributed by atoms with van der Waals surface area (Å²) < 4.78 is 0. The van der Waals surface area contributed by atoms with Gasteiger partial charge in [-0.05, 0) is 0 Å². The summed E-state index contributed by atoms with van der Waals surface area (Å²) in [6, 6.07) is 0. The maximum Gasteiger partial charge on any atom is 4.00 e. The minimum Gasteiger partial charge on any atom is -0.894 e. The summed E-state index contributed by atoms with van der Waals surface area (Å²) >= 11 is 0. The average molecular weight is 289 g/mol. The molecule has 0 rings (SSSR count). The molecule has 0 aromatic rings. The van der Waals surface area contributed by atoms with Gasteiger partial charge in [0.2, 0.25) is 0 Å². The molecule has 6 heteroatoms. The van der Waals surface area contributed by atoms with Gasteiger partial charge in [0.1, 0.15) is 0 Å². The number of hydrogen-bond acceptors (Lipinski definition) is 4. The summed E-state index contributed by atoms with van der Waals surface area (Å²) in [5.41, 5.74) is 0. The van der Waals surface area contributed by atoms with Crippen LogP contribution in [0.15, 0.2) is 0 Å². The summed E-state index contributed by atoms with van der Waals surface area (Å²) in [5, 5.41) is 0. The standard InChI is InChI=1S/Au.O4Si/c;1-5(2,3)4/q+4;-4. The van der Waals surface area contributed by atoms with Gasteiger partial charge in [-0.15, -0.1) is 0 Å². The van der Waals surface area contributed by atoms with Crippen LogP contribution in [0.4, 0.5) is 0 Å². The van der Waals surface area contributed by atoms with Crippen LogP contribution in [-0.2, 0) is 22.4 Å². The molecule has 0 aliphatic rings. The molecule has 39 valence electrons. The van der Waals surface area contributed by atoms with Crippen molar-refractivity contribution < 1.29 is 41.6 Å². The van der Waals surface area contributed by atoms with E-state index in [1.165, 1.54) is 0 Å². The second-order valence-electron chi connectivity index (χ2n) is 0.500. The van der Waals surface area contributed by atoms with Crippen LogP contribution in [-0.4, -0.2) is 9.05 Å². The van der Waals surface area contributed by atoms with Gasteiger partial charge in [-0.25, -0.2) is 0 Å². The number of hydrogen-bond donors (Lipinski definition) is 0. The molecule has 0 spiro atoms. The predicted octanol–water partition coefficient (Wildman–Crippen LogP) is -5.14. The monoisotopic (exact) mass is 289 g/mol. The van der Waals surface area contributed by atoms with Crippen molar-refractivity contribution in [1.29, 1.82) is 0 Å². The van der Waals surface area contributed by atoms with Gasteiger partial charge in [0.15, 0.2) is 0 Å². The smallest absolute Gasteiger partial charge is 0.894 e. The Morgan fingerprint density at radius 2 is 0.833 bits per heavy atom. The van der Waals surface area contributed by atoms with Crippen molar-refractivity contribution in [2.75, 3.05) is 0 Å². The molecule has 0 bridgehead atoms. The van der Waals surface area contributed by atoms with Crippen molar-refractivity contribution >= 4 is 9.05 Å². The second-order valence-corrected chi connectivity index (χ2v) is 1.50. The fourth-order valence-corrected chi connectivity index (χ4v) is 0. The molecule has 0 aromatic carbocycles. The van der Waals surface area contributed by atoms with Gasteiger partial charge in [-0.2, -0.15) is 0 Å². The fraction of sp³-hybridized carbons (Fsp3) is 0. The molecule has 0 saturated carbocycles. The Hall–Kier alpha value is 0.797. The van der Waals surface area contributed by atoms with E-state index < -0.39 is 9.05 Å². The quantitative estimate of drug-likeness (QED) is 0.417. The Labute approximate surface area is 51.1 Å². The molecule has 1 radical (unpaired) electrons. The summed E-state index contributed by atoms with van der Waals surface area (Å²) in [7, 11) is -5.61. The van der Waals surface area contributed by atoms with Crippen molar-refractivity contribution in [3.63, 3.8) is 0 Å². The van der Waals surface area contributed by atoms with E-state index in [1.807, 2.05) is 0 Å². The van der Waals surface area contributed by atoms with E-state index in [2.05, 4.69) is 0 Å². The van der Waals surface area contributed by atoms with Crippen molar-refractivity contribution in [3.8, 4) is 0 Å². The van der Waals surface area contributed by atoms with E-state index in [0.29, 0.717) is 0 Å². The molecule has 0 fully saturated rings. The molecule has 0 N–H and O–H groups in total. The molecule has 0 aromatic heterocycles. The third-order valence-corrected chi connectivity index (χ3v) is 0. The molecule has 0 amide bonds. The van der Waals surface area contributed by atoms with Crippen molar-refractivity contribution in [1.82, 2.24) is 0 Å². The van der Waals surface area contributed by atoms with Gasteiger partial charge in [0.25, 0.3) is 0 Å². The summed E-state index contributed by atoms with van der Waals surface area (Å²) in [4.78, 5) is 34.3. The molecule has 0 heterocycles. The number of rotatable bonds is 0. The van der Waals surface area contributed by atoms with Gasteiger partial charge in [0, 0.05) is 0 Å². The third-order valence-electron chi connectivity index (χ3n) is 0. The maximum atomic E-state index is 8.58. The third kappa shape index (κ3) is 109. The Kier molecular flexibility index (Phi) is 4.78. The zero-order valence-electron chi connectivity index (χ0n) is 2.43. The molecule has 0 saturated heterocycles. The van der Waals surface area contributed by atoms with Crippen LogP contribution >= 0.6 is 0 Å². The summed E-state index contributed by atoms with van der Waals surface area (Å²) in [6.07, 6.45) is 0. The van der Waals surface area contributed by atoms with Gasteiger partial charge in [0.05, 0.1) is 0 Å². The van der Waals surface area contributed by atoms with Crippen LogP contribution in [0, 0.1) is 0 Å². The van der Waals surface area contributed by atoms with E-state index in [-0.39, 0.29) is 22.4 Å². The van der Waals surface area contributed by atoms with E-state index in [1.54, 1.807) is 0 Å². The van der Waals surface area contributed by atoms with Crippen LogP contribution in [0.25, 0.3) is 0 Å². The first-order valence-corrected chi connectivity index (χ1v) is 2.45. The minimum absolute atomic E-state index is 0. The molecular weight excluding hydrogens is 289 g/mol. The molecule has 6 heavy (non-hydrogen) atoms. The normalized spacial score (nSPS) is 10.0. The van der Waals surface area contributed by atoms with Crippen LogP contribution < -0.4 is 19.2 Å². The van der Waals surface area contributed by atoms with Gasteiger partial charge in [-0.1, -0.05) is 0 Å². The largest absolute Gasteiger partial charge is 4.00 e. The molecular formula is AuO4Si. The van der Waals surface area contributed by atoms with Crippen LogP contribution in [0.2, 0.25) is 0 Å². The molecule has 0 aliphatic carbocycles. The van der Waals surface area contributed by atoms with Gasteiger partial charge < -0.3 is 28.2 Å². The molecule has 0 atom stereocenters. The molecule has 0 aliphatic heterocycles. The first-order valence-electron chi connectivity index (χ1n) is 0.816. The Balaban J connectivity index is 0. The zero-order chi connectivity index (χ0) is 4.50. The van der Waals surface area contributed by atoms with Crippen LogP contribution in [0.5, 0.6) is 0 Å². The molecule has 0 unspecified atom stereocenters. The Bertz CT molecular complexity index is 23.0. The second kappa shape index (κ2) is 2.89. The summed E-state index contributed by atoms with van der Waals surface area (Å²) in [6.45, 7) is 0. The first kappa shape index (κ1) is 9.93. The minimum atomic E-state index is -5.61. The zero-order valence-corrected chi connectivity index (χ0v) is 5.60. The first-order chi connectivity index (χ1) is 2.00. The van der Waals surface area contributed by atoms with E-state index >= 15 is 0 Å². The van der Waals surface area contributed by atoms with E-state index in [0.717, 1.165) is 0 Å². The molecule has 4 nitrogen and oxygen atoms in total. The predicted molar refractivity (Wildman–Crippen MR) is 5.75 cm³/mol. The van der Waals surface area contributed by atoms with Crippen molar-refractivity contribution in [3.05, 3.63) is 0 Å². The average Bonchev–Trinajstić information content (AvgIpc) is 0.722. The fourth-order valence-electron chi connectivity index (χ4n) is 0. The topological polar surface area (TPSA) is 92.2 Å². The van der Waals surface area contributed by atoms with Crippen LogP contribution in [0.3, 0.4) is 0 Å². The van der Waals surface area contributed by atoms with Crippen molar-refractivity contribution in [2.24, 2.45) is 0 Å². The Morgan fingerprint density at radius 1 is 0.833 bits per heavy atom. The van der Waals surface area contributed by atoms with E-state index in [4.69, 9.17) is 19.2 Å².